The van der Waals surface area contributed by atoms with Crippen molar-refractivity contribution in [3.63, 3.8) is 0 Å². The summed E-state index contributed by atoms with van der Waals surface area (Å²) in [5, 5.41) is 6.42. The molecule has 0 saturated heterocycles. The van der Waals surface area contributed by atoms with Crippen molar-refractivity contribution in [2.24, 2.45) is 0 Å². The fourth-order valence-corrected chi connectivity index (χ4v) is 4.89. The van der Waals surface area contributed by atoms with Crippen LogP contribution in [0.25, 0.3) is 10.1 Å². The highest BCUT2D eigenvalue weighted by Crippen LogP contribution is 2.27. The zero-order chi connectivity index (χ0) is 24.7. The van der Waals surface area contributed by atoms with Crippen molar-refractivity contribution in [3.8, 4) is 0 Å². The maximum Gasteiger partial charge on any atom is 0.329 e. The van der Waals surface area contributed by atoms with Gasteiger partial charge in [0.05, 0.1) is 10.6 Å². The third-order valence-corrected chi connectivity index (χ3v) is 6.89. The van der Waals surface area contributed by atoms with E-state index in [2.05, 4.69) is 10.6 Å². The third kappa shape index (κ3) is 6.45. The Kier molecular flexibility index (Phi) is 8.84. The predicted octanol–water partition coefficient (Wildman–Crippen LogP) is 4.91. The van der Waals surface area contributed by atoms with Gasteiger partial charge in [-0.05, 0) is 48.4 Å². The number of amides is 2. The molecule has 1 aromatic heterocycles. The Morgan fingerprint density at radius 1 is 1.09 bits per heavy atom. The topological polar surface area (TPSA) is 102 Å². The van der Waals surface area contributed by atoms with E-state index < -0.39 is 18.6 Å². The van der Waals surface area contributed by atoms with Crippen molar-refractivity contribution < 1.29 is 23.9 Å². The van der Waals surface area contributed by atoms with Gasteiger partial charge in [0.1, 0.15) is 6.04 Å². The van der Waals surface area contributed by atoms with E-state index in [1.807, 2.05) is 37.4 Å². The standard InChI is InChI=1S/C25H26N2O5S2/c1-4-7-19(27-24(30)23-13-17-8-5-6-9-21(17)34-23)25(31)32-14-20(29)16-10-11-18(26-15(2)28)22(12-16)33-3/h5-6,8-13,19H,4,7,14H2,1-3H3,(H,26,28)(H,27,30). The van der Waals surface area contributed by atoms with E-state index in [1.54, 1.807) is 24.3 Å². The largest absolute Gasteiger partial charge is 0.456 e. The Labute approximate surface area is 206 Å². The molecule has 0 radical (unpaired) electrons. The lowest BCUT2D eigenvalue weighted by Gasteiger charge is -2.16. The minimum atomic E-state index is -0.848. The smallest absolute Gasteiger partial charge is 0.329 e. The Morgan fingerprint density at radius 2 is 1.85 bits per heavy atom. The van der Waals surface area contributed by atoms with Crippen LogP contribution in [0.4, 0.5) is 5.69 Å². The number of rotatable bonds is 10. The number of thiophene rings is 1. The number of hydrogen-bond acceptors (Lipinski definition) is 7. The Balaban J connectivity index is 1.63. The van der Waals surface area contributed by atoms with E-state index in [0.717, 1.165) is 15.0 Å². The van der Waals surface area contributed by atoms with Crippen LogP contribution in [0.15, 0.2) is 53.4 Å². The van der Waals surface area contributed by atoms with Crippen LogP contribution in [0, 0.1) is 0 Å². The molecule has 0 saturated carbocycles. The zero-order valence-corrected chi connectivity index (χ0v) is 20.8. The second-order valence-corrected chi connectivity index (χ2v) is 9.52. The van der Waals surface area contributed by atoms with Crippen LogP contribution >= 0.6 is 23.1 Å². The summed E-state index contributed by atoms with van der Waals surface area (Å²) >= 11 is 2.74. The van der Waals surface area contributed by atoms with E-state index in [1.165, 1.54) is 30.0 Å². The van der Waals surface area contributed by atoms with Gasteiger partial charge in [0.2, 0.25) is 5.91 Å². The van der Waals surface area contributed by atoms with Crippen LogP contribution in [0.5, 0.6) is 0 Å². The zero-order valence-electron chi connectivity index (χ0n) is 19.2. The SMILES string of the molecule is CCCC(NC(=O)c1cc2ccccc2s1)C(=O)OCC(=O)c1ccc(NC(C)=O)c(SC)c1. The molecule has 0 aliphatic heterocycles. The van der Waals surface area contributed by atoms with Crippen LogP contribution in [0.3, 0.4) is 0 Å². The number of hydrogen-bond donors (Lipinski definition) is 2. The molecule has 0 aliphatic carbocycles. The van der Waals surface area contributed by atoms with Crippen LogP contribution in [0.1, 0.15) is 46.7 Å². The lowest BCUT2D eigenvalue weighted by atomic mass is 10.1. The van der Waals surface area contributed by atoms with Gasteiger partial charge in [-0.25, -0.2) is 4.79 Å². The molecule has 0 spiro atoms. The lowest BCUT2D eigenvalue weighted by Crippen LogP contribution is -2.42. The van der Waals surface area contributed by atoms with E-state index in [-0.39, 0.29) is 17.6 Å². The number of anilines is 1. The molecule has 1 atom stereocenters. The normalized spacial score (nSPS) is 11.6. The number of nitrogens with one attached hydrogen (secondary N) is 2. The highest BCUT2D eigenvalue weighted by atomic mass is 32.2. The molecule has 0 bridgehead atoms. The Bertz CT molecular complexity index is 1190. The quantitative estimate of drug-likeness (QED) is 0.234. The fourth-order valence-electron chi connectivity index (χ4n) is 3.34. The van der Waals surface area contributed by atoms with Gasteiger partial charge >= 0.3 is 5.97 Å². The number of esters is 1. The number of thioether (sulfide) groups is 1. The molecule has 34 heavy (non-hydrogen) atoms. The van der Waals surface area contributed by atoms with Crippen LogP contribution in [-0.4, -0.2) is 42.5 Å². The van der Waals surface area contributed by atoms with Crippen molar-refractivity contribution in [1.29, 1.82) is 0 Å². The van der Waals surface area contributed by atoms with Gasteiger partial charge in [-0.3, -0.25) is 14.4 Å². The van der Waals surface area contributed by atoms with E-state index >= 15 is 0 Å². The summed E-state index contributed by atoms with van der Waals surface area (Å²) in [5.74, 6) is -1.57. The number of Topliss-reactive ketones (excluding diaryl/α,β-unsaturated/α-hetero) is 1. The van der Waals surface area contributed by atoms with Gasteiger partial charge in [-0.15, -0.1) is 23.1 Å². The fraction of sp³-hybridized carbons (Fsp3) is 0.280. The van der Waals surface area contributed by atoms with Gasteiger partial charge in [-0.1, -0.05) is 31.5 Å². The molecule has 9 heteroatoms. The van der Waals surface area contributed by atoms with Gasteiger partial charge in [0.25, 0.3) is 5.91 Å². The minimum absolute atomic E-state index is 0.206. The number of carbonyl (C=O) groups is 4. The molecule has 178 valence electrons. The van der Waals surface area contributed by atoms with E-state index in [0.29, 0.717) is 29.0 Å². The van der Waals surface area contributed by atoms with Gasteiger partial charge in [0.15, 0.2) is 12.4 Å². The van der Waals surface area contributed by atoms with Gasteiger partial charge in [-0.2, -0.15) is 0 Å². The lowest BCUT2D eigenvalue weighted by molar-refractivity contribution is -0.145. The second-order valence-electron chi connectivity index (χ2n) is 7.59. The summed E-state index contributed by atoms with van der Waals surface area (Å²) in [6.45, 7) is 2.87. The molecule has 0 aliphatic rings. The van der Waals surface area contributed by atoms with Crippen molar-refractivity contribution in [2.75, 3.05) is 18.2 Å². The maximum absolute atomic E-state index is 12.7. The first-order valence-corrected chi connectivity index (χ1v) is 12.8. The summed E-state index contributed by atoms with van der Waals surface area (Å²) in [7, 11) is 0. The van der Waals surface area contributed by atoms with Crippen molar-refractivity contribution >= 4 is 62.4 Å². The molecule has 2 N–H and O–H groups in total. The molecule has 3 rings (SSSR count). The monoisotopic (exact) mass is 498 g/mol. The van der Waals surface area contributed by atoms with Crippen LogP contribution in [0.2, 0.25) is 0 Å². The minimum Gasteiger partial charge on any atom is -0.456 e. The first-order valence-electron chi connectivity index (χ1n) is 10.8. The van der Waals surface area contributed by atoms with E-state index in [4.69, 9.17) is 4.74 Å². The average Bonchev–Trinajstić information content (AvgIpc) is 3.26. The van der Waals surface area contributed by atoms with Crippen LogP contribution < -0.4 is 10.6 Å². The first kappa shape index (κ1) is 25.5. The van der Waals surface area contributed by atoms with Gasteiger partial charge in [0, 0.05) is 22.1 Å². The van der Waals surface area contributed by atoms with Crippen molar-refractivity contribution in [2.45, 2.75) is 37.6 Å². The molecule has 1 unspecified atom stereocenters. The summed E-state index contributed by atoms with van der Waals surface area (Å²) in [6, 6.07) is 13.5. The molecule has 1 heterocycles. The van der Waals surface area contributed by atoms with E-state index in [9.17, 15) is 19.2 Å². The first-order chi connectivity index (χ1) is 16.3. The number of ether oxygens (including phenoxy) is 1. The number of ketones is 1. The number of fused-ring (bicyclic) bond motifs is 1. The molecule has 2 aromatic carbocycles. The van der Waals surface area contributed by atoms with Gasteiger partial charge < -0.3 is 15.4 Å². The van der Waals surface area contributed by atoms with Crippen LogP contribution in [-0.2, 0) is 14.3 Å². The van der Waals surface area contributed by atoms with Crippen molar-refractivity contribution in [1.82, 2.24) is 5.32 Å². The van der Waals surface area contributed by atoms with Crippen molar-refractivity contribution in [3.05, 3.63) is 59.0 Å². The predicted molar refractivity (Wildman–Crippen MR) is 136 cm³/mol. The molecule has 3 aromatic rings. The molecular formula is C25H26N2O5S2. The average molecular weight is 499 g/mol. The Hall–Kier alpha value is -3.17. The molecular weight excluding hydrogens is 472 g/mol. The maximum atomic E-state index is 12.7. The summed E-state index contributed by atoms with van der Waals surface area (Å²) in [4.78, 5) is 50.6. The molecule has 2 amide bonds. The molecule has 0 fully saturated rings. The third-order valence-electron chi connectivity index (χ3n) is 5.00. The highest BCUT2D eigenvalue weighted by Gasteiger charge is 2.24. The summed E-state index contributed by atoms with van der Waals surface area (Å²) < 4.78 is 6.25. The number of benzene rings is 2. The molecule has 7 nitrogen and oxygen atoms in total. The number of carbonyl (C=O) groups excluding carboxylic acids is 4. The second kappa shape index (κ2) is 11.8. The Morgan fingerprint density at radius 3 is 2.53 bits per heavy atom. The summed E-state index contributed by atoms with van der Waals surface area (Å²) in [5.41, 5.74) is 0.980. The summed E-state index contributed by atoms with van der Waals surface area (Å²) in [6.07, 6.45) is 2.89. The highest BCUT2D eigenvalue weighted by molar-refractivity contribution is 7.98.